The highest BCUT2D eigenvalue weighted by atomic mass is 127. The molecule has 1 amide bonds. The van der Waals surface area contributed by atoms with Gasteiger partial charge in [0.15, 0.2) is 5.82 Å². The SMILES string of the molecule is O=C(Nc1c(I)cc(C(F)(C(F)(F)F)C(F)(F)F)cc1C(F)(F)F)c1cccc(NCc2ccccc2)c1F. The van der Waals surface area contributed by atoms with E-state index in [1.807, 2.05) is 0 Å². The molecule has 0 aliphatic carbocycles. The summed E-state index contributed by atoms with van der Waals surface area (Å²) in [5, 5.41) is 4.38. The Morgan fingerprint density at radius 2 is 1.38 bits per heavy atom. The molecule has 39 heavy (non-hydrogen) atoms. The standard InChI is InChI=1S/C24H14F11IN2O/c25-18-14(7-4-8-17(18)37-11-12-5-2-1-3-6-12)20(39)38-19-15(22(27,28)29)9-13(10-16(19)36)21(26,23(30,31)32)24(33,34)35/h1-10,37H,11H2,(H,38,39). The van der Waals surface area contributed by atoms with Gasteiger partial charge >= 0.3 is 24.2 Å². The van der Waals surface area contributed by atoms with Crippen LogP contribution < -0.4 is 10.6 Å². The Hall–Kier alpha value is -3.11. The molecule has 0 heterocycles. The minimum absolute atomic E-state index is 0.101. The summed E-state index contributed by atoms with van der Waals surface area (Å²) in [4.78, 5) is 12.7. The highest BCUT2D eigenvalue weighted by Gasteiger charge is 2.73. The van der Waals surface area contributed by atoms with E-state index in [4.69, 9.17) is 0 Å². The summed E-state index contributed by atoms with van der Waals surface area (Å²) in [7, 11) is 0. The molecule has 0 saturated carbocycles. The van der Waals surface area contributed by atoms with Gasteiger partial charge in [-0.25, -0.2) is 8.78 Å². The predicted molar refractivity (Wildman–Crippen MR) is 127 cm³/mol. The third kappa shape index (κ3) is 6.22. The number of anilines is 2. The largest absolute Gasteiger partial charge is 0.435 e. The molecule has 0 aliphatic heterocycles. The van der Waals surface area contributed by atoms with E-state index in [-0.39, 0.29) is 18.3 Å². The fourth-order valence-corrected chi connectivity index (χ4v) is 4.22. The lowest BCUT2D eigenvalue weighted by Gasteiger charge is -2.31. The number of carbonyl (C=O) groups is 1. The summed E-state index contributed by atoms with van der Waals surface area (Å²) in [5.41, 5.74) is -12.3. The molecule has 0 fully saturated rings. The zero-order valence-electron chi connectivity index (χ0n) is 18.9. The Kier molecular flexibility index (Phi) is 8.43. The second kappa shape index (κ2) is 10.8. The maximum absolute atomic E-state index is 15.0. The van der Waals surface area contributed by atoms with Crippen molar-refractivity contribution in [3.8, 4) is 0 Å². The summed E-state index contributed by atoms with van der Waals surface area (Å²) in [6.07, 6.45) is -19.0. The molecule has 3 nitrogen and oxygen atoms in total. The van der Waals surface area contributed by atoms with Crippen molar-refractivity contribution in [1.29, 1.82) is 0 Å². The molecule has 3 rings (SSSR count). The monoisotopic (exact) mass is 682 g/mol. The van der Waals surface area contributed by atoms with Gasteiger partial charge in [0, 0.05) is 15.7 Å². The molecule has 0 saturated heterocycles. The average molecular weight is 682 g/mol. The topological polar surface area (TPSA) is 41.1 Å². The Balaban J connectivity index is 2.02. The normalized spacial score (nSPS) is 12.8. The molecule has 2 N–H and O–H groups in total. The Bertz CT molecular complexity index is 1340. The van der Waals surface area contributed by atoms with Crippen LogP contribution in [0, 0.1) is 9.39 Å². The van der Waals surface area contributed by atoms with Crippen LogP contribution in [0.4, 0.5) is 59.7 Å². The fourth-order valence-electron chi connectivity index (χ4n) is 3.46. The molecular weight excluding hydrogens is 668 g/mol. The molecule has 0 unspecified atom stereocenters. The van der Waals surface area contributed by atoms with Crippen molar-refractivity contribution in [2.45, 2.75) is 30.7 Å². The number of hydrogen-bond acceptors (Lipinski definition) is 2. The molecule has 0 atom stereocenters. The van der Waals surface area contributed by atoms with Gasteiger partial charge in [0.2, 0.25) is 0 Å². The van der Waals surface area contributed by atoms with Crippen molar-refractivity contribution in [1.82, 2.24) is 0 Å². The summed E-state index contributed by atoms with van der Waals surface area (Å²) >= 11 is 0.914. The minimum Gasteiger partial charge on any atom is -0.379 e. The third-order valence-electron chi connectivity index (χ3n) is 5.38. The van der Waals surface area contributed by atoms with Crippen LogP contribution in [0.1, 0.15) is 27.0 Å². The second-order valence-electron chi connectivity index (χ2n) is 7.99. The van der Waals surface area contributed by atoms with Crippen molar-refractivity contribution < 1.29 is 53.1 Å². The van der Waals surface area contributed by atoms with Crippen molar-refractivity contribution >= 4 is 39.9 Å². The second-order valence-corrected chi connectivity index (χ2v) is 9.15. The van der Waals surface area contributed by atoms with Crippen molar-refractivity contribution in [3.05, 3.63) is 92.3 Å². The lowest BCUT2D eigenvalue weighted by molar-refractivity contribution is -0.348. The third-order valence-corrected chi connectivity index (χ3v) is 6.23. The zero-order valence-corrected chi connectivity index (χ0v) is 21.1. The maximum Gasteiger partial charge on any atom is 0.435 e. The molecule has 0 aromatic heterocycles. The number of benzene rings is 3. The Morgan fingerprint density at radius 3 is 1.92 bits per heavy atom. The van der Waals surface area contributed by atoms with Crippen LogP contribution in [-0.4, -0.2) is 18.3 Å². The number of amides is 1. The lowest BCUT2D eigenvalue weighted by atomic mass is 9.92. The van der Waals surface area contributed by atoms with E-state index in [1.54, 1.807) is 35.6 Å². The maximum atomic E-state index is 15.0. The predicted octanol–water partition coefficient (Wildman–Crippen LogP) is 8.60. The molecule has 0 bridgehead atoms. The van der Waals surface area contributed by atoms with E-state index in [0.717, 1.165) is 34.2 Å². The van der Waals surface area contributed by atoms with E-state index < -0.39 is 67.9 Å². The Labute approximate surface area is 226 Å². The number of rotatable bonds is 6. The van der Waals surface area contributed by atoms with E-state index in [0.29, 0.717) is 0 Å². The van der Waals surface area contributed by atoms with Crippen LogP contribution in [0.15, 0.2) is 60.7 Å². The first-order valence-electron chi connectivity index (χ1n) is 10.5. The minimum atomic E-state index is -6.67. The van der Waals surface area contributed by atoms with E-state index >= 15 is 0 Å². The first-order valence-corrected chi connectivity index (χ1v) is 11.6. The molecule has 3 aromatic rings. The molecule has 3 aromatic carbocycles. The number of hydrogen-bond donors (Lipinski definition) is 2. The number of halogens is 12. The summed E-state index contributed by atoms with van der Waals surface area (Å²) < 4.78 is 148. The smallest absolute Gasteiger partial charge is 0.379 e. The molecular formula is C24H14F11IN2O. The van der Waals surface area contributed by atoms with Crippen LogP contribution in [-0.2, 0) is 18.4 Å². The van der Waals surface area contributed by atoms with Crippen molar-refractivity contribution in [2.75, 3.05) is 10.6 Å². The van der Waals surface area contributed by atoms with Crippen molar-refractivity contribution in [2.24, 2.45) is 0 Å². The lowest BCUT2D eigenvalue weighted by Crippen LogP contribution is -2.50. The van der Waals surface area contributed by atoms with E-state index in [9.17, 15) is 53.1 Å². The van der Waals surface area contributed by atoms with Gasteiger partial charge < -0.3 is 10.6 Å². The van der Waals surface area contributed by atoms with E-state index in [2.05, 4.69) is 5.32 Å². The van der Waals surface area contributed by atoms with Gasteiger partial charge in [0.05, 0.1) is 22.5 Å². The first-order chi connectivity index (χ1) is 17.9. The van der Waals surface area contributed by atoms with Crippen LogP contribution >= 0.6 is 22.6 Å². The van der Waals surface area contributed by atoms with Crippen LogP contribution in [0.5, 0.6) is 0 Å². The highest BCUT2D eigenvalue weighted by Crippen LogP contribution is 2.54. The summed E-state index contributed by atoms with van der Waals surface area (Å²) in [5.74, 6) is -2.69. The van der Waals surface area contributed by atoms with Crippen molar-refractivity contribution in [3.63, 3.8) is 0 Å². The van der Waals surface area contributed by atoms with Crippen LogP contribution in [0.2, 0.25) is 0 Å². The average Bonchev–Trinajstić information content (AvgIpc) is 2.82. The highest BCUT2D eigenvalue weighted by molar-refractivity contribution is 14.1. The molecule has 15 heteroatoms. The van der Waals surface area contributed by atoms with Gasteiger partial charge in [-0.3, -0.25) is 4.79 Å². The van der Waals surface area contributed by atoms with Gasteiger partial charge in [-0.05, 0) is 52.4 Å². The van der Waals surface area contributed by atoms with Crippen LogP contribution in [0.3, 0.4) is 0 Å². The molecule has 0 radical (unpaired) electrons. The summed E-state index contributed by atoms with van der Waals surface area (Å²) in [6, 6.07) is 11.1. The van der Waals surface area contributed by atoms with Gasteiger partial charge in [-0.2, -0.15) is 39.5 Å². The Morgan fingerprint density at radius 1 is 0.795 bits per heavy atom. The van der Waals surface area contributed by atoms with Gasteiger partial charge in [-0.1, -0.05) is 36.4 Å². The molecule has 210 valence electrons. The summed E-state index contributed by atoms with van der Waals surface area (Å²) in [6.45, 7) is 0.101. The molecule has 0 aliphatic rings. The van der Waals surface area contributed by atoms with Crippen LogP contribution in [0.25, 0.3) is 0 Å². The molecule has 0 spiro atoms. The fraction of sp³-hybridized carbons (Fsp3) is 0.208. The number of carbonyl (C=O) groups excluding carboxylic acids is 1. The van der Waals surface area contributed by atoms with E-state index in [1.165, 1.54) is 12.1 Å². The van der Waals surface area contributed by atoms with Gasteiger partial charge in [0.25, 0.3) is 5.91 Å². The quantitative estimate of drug-likeness (QED) is 0.202. The van der Waals surface area contributed by atoms with Gasteiger partial charge in [0.1, 0.15) is 0 Å². The zero-order chi connectivity index (χ0) is 29.4. The first kappa shape index (κ1) is 30.4. The van der Waals surface area contributed by atoms with Gasteiger partial charge in [-0.15, -0.1) is 0 Å². The number of nitrogens with one attached hydrogen (secondary N) is 2. The number of alkyl halides is 10.